The van der Waals surface area contributed by atoms with E-state index in [1.807, 2.05) is 48.5 Å². The third-order valence-electron chi connectivity index (χ3n) is 2.61. The van der Waals surface area contributed by atoms with Gasteiger partial charge in [0.15, 0.2) is 5.78 Å². The maximum absolute atomic E-state index is 10.8. The molecule has 0 amide bonds. The summed E-state index contributed by atoms with van der Waals surface area (Å²) in [6.07, 6.45) is 3.36. The highest BCUT2D eigenvalue weighted by molar-refractivity contribution is 6.33. The van der Waals surface area contributed by atoms with Crippen LogP contribution in [0, 0.1) is 0 Å². The summed E-state index contributed by atoms with van der Waals surface area (Å²) in [5.41, 5.74) is 3.09. The molecule has 18 heavy (non-hydrogen) atoms. The second kappa shape index (κ2) is 5.65. The van der Waals surface area contributed by atoms with Gasteiger partial charge in [0.1, 0.15) is 0 Å². The summed E-state index contributed by atoms with van der Waals surface area (Å²) < 4.78 is 0. The van der Waals surface area contributed by atoms with E-state index in [1.165, 1.54) is 6.92 Å². The van der Waals surface area contributed by atoms with Crippen molar-refractivity contribution < 1.29 is 4.79 Å². The molecular weight excluding hydrogens is 244 g/mol. The van der Waals surface area contributed by atoms with E-state index in [4.69, 9.17) is 11.6 Å². The molecule has 0 atom stereocenters. The van der Waals surface area contributed by atoms with Crippen LogP contribution in [0.2, 0.25) is 5.02 Å². The summed E-state index contributed by atoms with van der Waals surface area (Å²) in [7, 11) is 0. The minimum absolute atomic E-state index is 0.0465. The van der Waals surface area contributed by atoms with Crippen LogP contribution in [0.15, 0.2) is 54.6 Å². The molecule has 90 valence electrons. The Hall–Kier alpha value is -1.86. The lowest BCUT2D eigenvalue weighted by atomic mass is 10.0. The average Bonchev–Trinajstić information content (AvgIpc) is 2.38. The molecule has 2 rings (SSSR count). The highest BCUT2D eigenvalue weighted by atomic mass is 35.5. The van der Waals surface area contributed by atoms with Gasteiger partial charge >= 0.3 is 0 Å². The molecule has 0 saturated heterocycles. The largest absolute Gasteiger partial charge is 0.295 e. The number of benzene rings is 2. The van der Waals surface area contributed by atoms with E-state index in [0.717, 1.165) is 21.7 Å². The Morgan fingerprint density at radius 1 is 1.06 bits per heavy atom. The molecule has 2 heteroatoms. The standard InChI is InChI=1S/C16H13ClO/c1-12(18)6-7-13-8-10-14(11-9-13)15-4-2-3-5-16(15)17/h2-11H,1H3. The van der Waals surface area contributed by atoms with Crippen LogP contribution in [0.25, 0.3) is 17.2 Å². The summed E-state index contributed by atoms with van der Waals surface area (Å²) in [4.78, 5) is 10.8. The molecule has 0 aliphatic heterocycles. The fraction of sp³-hybridized carbons (Fsp3) is 0.0625. The van der Waals surface area contributed by atoms with Crippen molar-refractivity contribution in [3.8, 4) is 11.1 Å². The molecule has 0 spiro atoms. The highest BCUT2D eigenvalue weighted by Gasteiger charge is 2.01. The highest BCUT2D eigenvalue weighted by Crippen LogP contribution is 2.27. The van der Waals surface area contributed by atoms with Crippen molar-refractivity contribution in [2.45, 2.75) is 6.92 Å². The number of carbonyl (C=O) groups is 1. The van der Waals surface area contributed by atoms with Crippen molar-refractivity contribution in [2.75, 3.05) is 0 Å². The Kier molecular flexibility index (Phi) is 3.96. The Balaban J connectivity index is 2.28. The van der Waals surface area contributed by atoms with E-state index in [0.29, 0.717) is 0 Å². The SMILES string of the molecule is CC(=O)C=Cc1ccc(-c2ccccc2Cl)cc1. The Morgan fingerprint density at radius 3 is 2.33 bits per heavy atom. The molecule has 0 radical (unpaired) electrons. The normalized spacial score (nSPS) is 10.8. The third-order valence-corrected chi connectivity index (χ3v) is 2.94. The topological polar surface area (TPSA) is 17.1 Å². The van der Waals surface area contributed by atoms with Gasteiger partial charge in [0.25, 0.3) is 0 Å². The van der Waals surface area contributed by atoms with Gasteiger partial charge in [-0.05, 0) is 30.2 Å². The number of rotatable bonds is 3. The van der Waals surface area contributed by atoms with E-state index < -0.39 is 0 Å². The zero-order valence-corrected chi connectivity index (χ0v) is 10.8. The minimum Gasteiger partial charge on any atom is -0.295 e. The van der Waals surface area contributed by atoms with Crippen molar-refractivity contribution in [3.63, 3.8) is 0 Å². The van der Waals surface area contributed by atoms with Gasteiger partial charge in [-0.3, -0.25) is 4.79 Å². The van der Waals surface area contributed by atoms with Gasteiger partial charge in [0, 0.05) is 10.6 Å². The van der Waals surface area contributed by atoms with Crippen molar-refractivity contribution in [2.24, 2.45) is 0 Å². The molecule has 0 heterocycles. The van der Waals surface area contributed by atoms with Gasteiger partial charge in [-0.2, -0.15) is 0 Å². The van der Waals surface area contributed by atoms with Gasteiger partial charge in [0.05, 0.1) is 0 Å². The lowest BCUT2D eigenvalue weighted by Gasteiger charge is -2.04. The lowest BCUT2D eigenvalue weighted by Crippen LogP contribution is -1.82. The summed E-state index contributed by atoms with van der Waals surface area (Å²) in [6, 6.07) is 15.7. The van der Waals surface area contributed by atoms with Gasteiger partial charge in [-0.15, -0.1) is 0 Å². The van der Waals surface area contributed by atoms with E-state index in [1.54, 1.807) is 12.2 Å². The molecular formula is C16H13ClO. The van der Waals surface area contributed by atoms with Crippen LogP contribution in [0.5, 0.6) is 0 Å². The second-order valence-electron chi connectivity index (χ2n) is 4.05. The van der Waals surface area contributed by atoms with Crippen LogP contribution in [-0.2, 0) is 4.79 Å². The number of hydrogen-bond donors (Lipinski definition) is 0. The lowest BCUT2D eigenvalue weighted by molar-refractivity contribution is -0.112. The summed E-state index contributed by atoms with van der Waals surface area (Å²) >= 11 is 6.14. The summed E-state index contributed by atoms with van der Waals surface area (Å²) in [6.45, 7) is 1.54. The number of carbonyl (C=O) groups excluding carboxylic acids is 1. The minimum atomic E-state index is 0.0465. The first-order chi connectivity index (χ1) is 8.66. The fourth-order valence-corrected chi connectivity index (χ4v) is 1.93. The molecule has 2 aromatic rings. The first-order valence-electron chi connectivity index (χ1n) is 5.70. The molecule has 0 saturated carbocycles. The Bertz CT molecular complexity index is 582. The first-order valence-corrected chi connectivity index (χ1v) is 6.08. The van der Waals surface area contributed by atoms with E-state index in [2.05, 4.69) is 0 Å². The van der Waals surface area contributed by atoms with Crippen LogP contribution in [0.4, 0.5) is 0 Å². The van der Waals surface area contributed by atoms with Gasteiger partial charge in [-0.25, -0.2) is 0 Å². The Morgan fingerprint density at radius 2 is 1.72 bits per heavy atom. The van der Waals surface area contributed by atoms with Crippen molar-refractivity contribution in [3.05, 3.63) is 65.2 Å². The van der Waals surface area contributed by atoms with Crippen LogP contribution < -0.4 is 0 Å². The second-order valence-corrected chi connectivity index (χ2v) is 4.45. The predicted molar refractivity (Wildman–Crippen MR) is 76.6 cm³/mol. The summed E-state index contributed by atoms with van der Waals surface area (Å²) in [5, 5.41) is 0.740. The van der Waals surface area contributed by atoms with E-state index in [9.17, 15) is 4.79 Å². The van der Waals surface area contributed by atoms with Gasteiger partial charge in [-0.1, -0.05) is 60.1 Å². The number of allylic oxidation sites excluding steroid dienone is 1. The van der Waals surface area contributed by atoms with Crippen molar-refractivity contribution >= 4 is 23.5 Å². The zero-order valence-electron chi connectivity index (χ0n) is 10.1. The monoisotopic (exact) mass is 256 g/mol. The molecule has 0 N–H and O–H groups in total. The average molecular weight is 257 g/mol. The molecule has 0 aliphatic carbocycles. The molecule has 0 aliphatic rings. The van der Waals surface area contributed by atoms with Gasteiger partial charge < -0.3 is 0 Å². The molecule has 0 unspecified atom stereocenters. The van der Waals surface area contributed by atoms with Crippen LogP contribution in [0.1, 0.15) is 12.5 Å². The zero-order chi connectivity index (χ0) is 13.0. The first kappa shape index (κ1) is 12.6. The smallest absolute Gasteiger partial charge is 0.152 e. The third kappa shape index (κ3) is 3.08. The van der Waals surface area contributed by atoms with Crippen LogP contribution in [-0.4, -0.2) is 5.78 Å². The Labute approximate surface area is 112 Å². The quantitative estimate of drug-likeness (QED) is 0.733. The molecule has 0 aromatic heterocycles. The predicted octanol–water partition coefficient (Wildman–Crippen LogP) is 4.61. The maximum atomic E-state index is 10.8. The fourth-order valence-electron chi connectivity index (χ4n) is 1.68. The molecule has 0 bridgehead atoms. The molecule has 1 nitrogen and oxygen atoms in total. The summed E-state index contributed by atoms with van der Waals surface area (Å²) in [5.74, 6) is 0.0465. The van der Waals surface area contributed by atoms with Crippen molar-refractivity contribution in [1.29, 1.82) is 0 Å². The number of halogens is 1. The molecule has 0 fully saturated rings. The maximum Gasteiger partial charge on any atom is 0.152 e. The van der Waals surface area contributed by atoms with Gasteiger partial charge in [0.2, 0.25) is 0 Å². The van der Waals surface area contributed by atoms with Crippen molar-refractivity contribution in [1.82, 2.24) is 0 Å². The molecule has 2 aromatic carbocycles. The van der Waals surface area contributed by atoms with Crippen LogP contribution in [0.3, 0.4) is 0 Å². The number of ketones is 1. The van der Waals surface area contributed by atoms with E-state index in [-0.39, 0.29) is 5.78 Å². The van der Waals surface area contributed by atoms with Crippen LogP contribution >= 0.6 is 11.6 Å². The van der Waals surface area contributed by atoms with E-state index >= 15 is 0 Å². The number of hydrogen-bond acceptors (Lipinski definition) is 1.